The minimum Gasteiger partial charge on any atom is -0.454 e. The summed E-state index contributed by atoms with van der Waals surface area (Å²) < 4.78 is 17.7. The standard InChI is InChI=1S/C80H141NO10/c1-4-7-10-13-16-19-22-24-26-28-30-32-34-36-38-39-41-43-45-47-49-52-55-58-61-64-67-73(84)79(88)81-71(72(83)66-63-60-57-54-51-21-18-15-12-9-6-3)70-89-80-78(77(87)76(86)74(69-82)90-80)91-75(85)68-65-62-59-56-53-50-48-46-44-42-40-37-35-33-31-29-27-25-23-20-17-14-11-8-5-2/h7,10,16-17,19-20,24-27,30,32,36,38,63,66,71-74,76-78,80,82-84,86-87H,4-6,8-9,11-15,18,21-23,28-29,31,33-35,37,39-62,64-65,67-70H2,1-3H3,(H,81,88)/b10-7-,19-16-,20-17-,26-24-,27-25-,32-30-,38-36-,66-63+. The number of rotatable bonds is 65. The first-order valence-electron chi connectivity index (χ1n) is 38.0. The minimum absolute atomic E-state index is 0.122. The molecule has 0 radical (unpaired) electrons. The van der Waals surface area contributed by atoms with E-state index in [2.05, 4.69) is 111 Å². The zero-order valence-electron chi connectivity index (χ0n) is 58.7. The molecular formula is C80H141NO10. The van der Waals surface area contributed by atoms with Crippen LogP contribution in [0.2, 0.25) is 0 Å². The van der Waals surface area contributed by atoms with Gasteiger partial charge in [-0.1, -0.05) is 323 Å². The third-order valence-corrected chi connectivity index (χ3v) is 17.5. The molecule has 0 saturated carbocycles. The molecule has 0 spiro atoms. The Labute approximate surface area is 558 Å². The van der Waals surface area contributed by atoms with Crippen LogP contribution in [0.15, 0.2) is 97.2 Å². The Kier molecular flexibility index (Phi) is 62.6. The first-order valence-corrected chi connectivity index (χ1v) is 38.0. The second kappa shape index (κ2) is 66.6. The van der Waals surface area contributed by atoms with E-state index in [1.807, 2.05) is 6.08 Å². The number of aliphatic hydroxyl groups is 5. The molecule has 1 aliphatic rings. The van der Waals surface area contributed by atoms with Crippen molar-refractivity contribution in [1.29, 1.82) is 0 Å². The summed E-state index contributed by atoms with van der Waals surface area (Å²) in [6, 6.07) is -1.03. The summed E-state index contributed by atoms with van der Waals surface area (Å²) in [5, 5.41) is 57.3. The van der Waals surface area contributed by atoms with E-state index in [0.29, 0.717) is 12.8 Å². The number of esters is 1. The van der Waals surface area contributed by atoms with Crippen LogP contribution in [0.5, 0.6) is 0 Å². The normalized spacial score (nSPS) is 18.5. The van der Waals surface area contributed by atoms with Crippen molar-refractivity contribution in [2.45, 2.75) is 384 Å². The largest absolute Gasteiger partial charge is 0.454 e. The summed E-state index contributed by atoms with van der Waals surface area (Å²) in [5.74, 6) is -1.19. The lowest BCUT2D eigenvalue weighted by Crippen LogP contribution is -2.61. The maximum Gasteiger partial charge on any atom is 0.306 e. The smallest absolute Gasteiger partial charge is 0.306 e. The summed E-state index contributed by atoms with van der Waals surface area (Å²) in [4.78, 5) is 26.7. The fourth-order valence-corrected chi connectivity index (χ4v) is 11.5. The molecule has 0 aromatic carbocycles. The maximum absolute atomic E-state index is 13.5. The van der Waals surface area contributed by atoms with Crippen LogP contribution < -0.4 is 5.32 Å². The molecule has 526 valence electrons. The lowest BCUT2D eigenvalue weighted by Gasteiger charge is -2.41. The summed E-state index contributed by atoms with van der Waals surface area (Å²) in [6.07, 6.45) is 80.3. The van der Waals surface area contributed by atoms with Crippen LogP contribution in [0, 0.1) is 0 Å². The number of ether oxygens (including phenoxy) is 3. The van der Waals surface area contributed by atoms with Crippen LogP contribution in [0.4, 0.5) is 0 Å². The van der Waals surface area contributed by atoms with Gasteiger partial charge in [0, 0.05) is 6.42 Å². The van der Waals surface area contributed by atoms with E-state index in [1.54, 1.807) is 6.08 Å². The van der Waals surface area contributed by atoms with Crippen LogP contribution in [0.1, 0.15) is 335 Å². The van der Waals surface area contributed by atoms with Crippen molar-refractivity contribution in [3.05, 3.63) is 97.2 Å². The highest BCUT2D eigenvalue weighted by Gasteiger charge is 2.47. The predicted molar refractivity (Wildman–Crippen MR) is 384 cm³/mol. The maximum atomic E-state index is 13.5. The second-order valence-electron chi connectivity index (χ2n) is 26.0. The van der Waals surface area contributed by atoms with E-state index in [-0.39, 0.29) is 19.4 Å². The van der Waals surface area contributed by atoms with Crippen molar-refractivity contribution >= 4 is 11.9 Å². The Morgan fingerprint density at radius 1 is 0.440 bits per heavy atom. The van der Waals surface area contributed by atoms with Crippen molar-refractivity contribution in [2.75, 3.05) is 13.2 Å². The number of amides is 1. The Balaban J connectivity index is 2.51. The van der Waals surface area contributed by atoms with Gasteiger partial charge < -0.3 is 45.1 Å². The van der Waals surface area contributed by atoms with Crippen LogP contribution in [-0.2, 0) is 23.8 Å². The minimum atomic E-state index is -1.62. The second-order valence-corrected chi connectivity index (χ2v) is 26.0. The number of hydrogen-bond acceptors (Lipinski definition) is 10. The fraction of sp³-hybridized carbons (Fsp3) is 0.775. The van der Waals surface area contributed by atoms with Gasteiger partial charge >= 0.3 is 5.97 Å². The van der Waals surface area contributed by atoms with Crippen molar-refractivity contribution < 1.29 is 49.3 Å². The topological polar surface area (TPSA) is 175 Å². The molecule has 0 aromatic rings. The molecule has 0 aliphatic carbocycles. The lowest BCUT2D eigenvalue weighted by molar-refractivity contribution is -0.305. The molecule has 0 bridgehead atoms. The molecule has 11 heteroatoms. The molecule has 1 amide bonds. The third-order valence-electron chi connectivity index (χ3n) is 17.5. The van der Waals surface area contributed by atoms with Gasteiger partial charge in [0.05, 0.1) is 25.4 Å². The van der Waals surface area contributed by atoms with Crippen molar-refractivity contribution in [2.24, 2.45) is 0 Å². The van der Waals surface area contributed by atoms with E-state index in [0.717, 1.165) is 103 Å². The average molecular weight is 1280 g/mol. The molecule has 1 rings (SSSR count). The van der Waals surface area contributed by atoms with Gasteiger partial charge in [0.2, 0.25) is 5.91 Å². The molecule has 1 aliphatic heterocycles. The van der Waals surface area contributed by atoms with Gasteiger partial charge in [0.1, 0.15) is 24.4 Å². The van der Waals surface area contributed by atoms with Crippen LogP contribution in [0.25, 0.3) is 0 Å². The molecule has 8 unspecified atom stereocenters. The molecular weight excluding hydrogens is 1130 g/mol. The number of nitrogens with one attached hydrogen (secondary N) is 1. The number of allylic oxidation sites excluding steroid dienone is 15. The third kappa shape index (κ3) is 53.5. The molecule has 8 atom stereocenters. The molecule has 0 aromatic heterocycles. The van der Waals surface area contributed by atoms with Gasteiger partial charge in [-0.05, 0) is 103 Å². The van der Waals surface area contributed by atoms with E-state index in [1.165, 1.54) is 186 Å². The highest BCUT2D eigenvalue weighted by molar-refractivity contribution is 5.80. The summed E-state index contributed by atoms with van der Waals surface area (Å²) in [5.41, 5.74) is 0. The number of aliphatic hydroxyl groups excluding tert-OH is 5. The first kappa shape index (κ1) is 85.6. The summed E-state index contributed by atoms with van der Waals surface area (Å²) >= 11 is 0. The highest BCUT2D eigenvalue weighted by Crippen LogP contribution is 2.26. The van der Waals surface area contributed by atoms with Gasteiger partial charge in [0.15, 0.2) is 12.4 Å². The van der Waals surface area contributed by atoms with Crippen LogP contribution in [0.3, 0.4) is 0 Å². The summed E-state index contributed by atoms with van der Waals surface area (Å²) in [6.45, 7) is 5.68. The van der Waals surface area contributed by atoms with Gasteiger partial charge in [-0.25, -0.2) is 0 Å². The monoisotopic (exact) mass is 1280 g/mol. The van der Waals surface area contributed by atoms with E-state index in [4.69, 9.17) is 14.2 Å². The number of carbonyl (C=O) groups is 2. The Hall–Kier alpha value is -3.42. The SMILES string of the molecule is CC/C=C\C/C=C\C/C=C\C/C=C\C/C=C\CCCCCCCCCCCCC(O)C(=O)NC(COC1OC(CO)C(O)C(O)C1OC(=O)CCCCCCCCCCCCCCCCC/C=C\C/C=C\CCCCC)C(O)/C=C/CCCCCCCCCCC. The van der Waals surface area contributed by atoms with Crippen molar-refractivity contribution in [3.63, 3.8) is 0 Å². The lowest BCUT2D eigenvalue weighted by atomic mass is 9.99. The summed E-state index contributed by atoms with van der Waals surface area (Å²) in [7, 11) is 0. The van der Waals surface area contributed by atoms with Gasteiger partial charge in [0.25, 0.3) is 0 Å². The molecule has 11 nitrogen and oxygen atoms in total. The molecule has 1 fully saturated rings. The van der Waals surface area contributed by atoms with Gasteiger partial charge in [-0.2, -0.15) is 0 Å². The highest BCUT2D eigenvalue weighted by atomic mass is 16.7. The molecule has 1 saturated heterocycles. The first-order chi connectivity index (χ1) is 44.7. The van der Waals surface area contributed by atoms with Crippen LogP contribution >= 0.6 is 0 Å². The van der Waals surface area contributed by atoms with Gasteiger partial charge in [-0.3, -0.25) is 9.59 Å². The molecule has 91 heavy (non-hydrogen) atoms. The molecule has 6 N–H and O–H groups in total. The number of unbranched alkanes of at least 4 members (excludes halogenated alkanes) is 37. The number of hydrogen-bond donors (Lipinski definition) is 6. The van der Waals surface area contributed by atoms with Gasteiger partial charge in [-0.15, -0.1) is 0 Å². The Morgan fingerprint density at radius 2 is 0.791 bits per heavy atom. The quantitative estimate of drug-likeness (QED) is 0.0195. The average Bonchev–Trinajstić information content (AvgIpc) is 1.02. The van der Waals surface area contributed by atoms with E-state index >= 15 is 0 Å². The van der Waals surface area contributed by atoms with E-state index < -0.39 is 67.4 Å². The van der Waals surface area contributed by atoms with Crippen molar-refractivity contribution in [3.8, 4) is 0 Å². The van der Waals surface area contributed by atoms with Crippen molar-refractivity contribution in [1.82, 2.24) is 5.32 Å². The predicted octanol–water partition coefficient (Wildman–Crippen LogP) is 20.2. The zero-order chi connectivity index (χ0) is 66.0. The van der Waals surface area contributed by atoms with E-state index in [9.17, 15) is 35.1 Å². The Bertz CT molecular complexity index is 1860. The van der Waals surface area contributed by atoms with Crippen LogP contribution in [-0.4, -0.2) is 99.6 Å². The fourth-order valence-electron chi connectivity index (χ4n) is 11.5. The molecule has 1 heterocycles. The number of carbonyl (C=O) groups excluding carboxylic acids is 2. The zero-order valence-corrected chi connectivity index (χ0v) is 58.7. The Morgan fingerprint density at radius 3 is 1.21 bits per heavy atom.